The third-order valence-corrected chi connectivity index (χ3v) is 15.7. The number of hydrogen-bond acceptors (Lipinski definition) is 20. The van der Waals surface area contributed by atoms with Gasteiger partial charge in [0.15, 0.2) is 0 Å². The largest absolute Gasteiger partial charge is 0.523 e. The molecule has 24 nitrogen and oxygen atoms in total. The molecule has 4 unspecified atom stereocenters. The molecule has 10 N–H and O–H groups in total. The molecular formula is C38H63F3N10O14P2S. The van der Waals surface area contributed by atoms with E-state index in [-0.39, 0.29) is 73.7 Å². The Bertz CT molecular complexity index is 2540. The summed E-state index contributed by atoms with van der Waals surface area (Å²) in [7, 11) is -12.5. The van der Waals surface area contributed by atoms with Gasteiger partial charge in [-0.1, -0.05) is 6.92 Å². The van der Waals surface area contributed by atoms with Gasteiger partial charge >= 0.3 is 30.8 Å². The first-order valence-corrected chi connectivity index (χ1v) is 26.7. The summed E-state index contributed by atoms with van der Waals surface area (Å²) in [6.45, 7) is 12.5. The number of aromatic amines is 4. The Morgan fingerprint density at radius 1 is 0.750 bits per heavy atom. The molecule has 0 radical (unpaired) electrons. The van der Waals surface area contributed by atoms with Crippen molar-refractivity contribution in [3.8, 4) is 0 Å². The molecule has 6 heterocycles. The number of fused-ring (bicyclic) bond motifs is 2. The maximum atomic E-state index is 12.6. The molecule has 2 saturated heterocycles. The topological polar surface area (TPSA) is 346 Å². The molecule has 4 aromatic rings. The summed E-state index contributed by atoms with van der Waals surface area (Å²) < 4.78 is 111. The highest BCUT2D eigenvalue weighted by Gasteiger charge is 2.47. The van der Waals surface area contributed by atoms with Crippen molar-refractivity contribution in [2.45, 2.75) is 71.8 Å². The summed E-state index contributed by atoms with van der Waals surface area (Å²) in [5, 5.41) is 19.7. The number of hydrogen-bond donors (Lipinski definition) is 8. The van der Waals surface area contributed by atoms with Gasteiger partial charge in [-0.2, -0.15) is 21.6 Å². The predicted octanol–water partition coefficient (Wildman–Crippen LogP) is 3.06. The second kappa shape index (κ2) is 25.4. The summed E-state index contributed by atoms with van der Waals surface area (Å²) in [5.74, 6) is 0.435. The molecule has 2 aliphatic rings. The Morgan fingerprint density at radius 3 is 1.60 bits per heavy atom. The molecule has 2 aliphatic heterocycles. The van der Waals surface area contributed by atoms with E-state index in [1.54, 1.807) is 26.2 Å². The van der Waals surface area contributed by atoms with Crippen molar-refractivity contribution in [3.63, 3.8) is 0 Å². The normalized spacial score (nSPS) is 19.6. The minimum atomic E-state index is -5.68. The van der Waals surface area contributed by atoms with Gasteiger partial charge in [-0.05, 0) is 40.0 Å². The molecule has 0 saturated carbocycles. The van der Waals surface area contributed by atoms with Crippen molar-refractivity contribution in [1.82, 2.24) is 39.7 Å². The van der Waals surface area contributed by atoms with E-state index in [9.17, 15) is 50.5 Å². The summed E-state index contributed by atoms with van der Waals surface area (Å²) in [5.41, 5.74) is 8.94. The van der Waals surface area contributed by atoms with Crippen LogP contribution in [-0.2, 0) is 59.4 Å². The van der Waals surface area contributed by atoms with Crippen LogP contribution in [0.25, 0.3) is 22.1 Å². The third-order valence-electron chi connectivity index (χ3n) is 10.6. The number of alkyl halides is 3. The van der Waals surface area contributed by atoms with Gasteiger partial charge in [-0.3, -0.25) is 42.7 Å². The molecule has 4 aromatic heterocycles. The molecule has 6 rings (SSSR count). The molecule has 68 heavy (non-hydrogen) atoms. The summed E-state index contributed by atoms with van der Waals surface area (Å²) in [4.78, 5) is 47.3. The van der Waals surface area contributed by atoms with Gasteiger partial charge in [-0.25, -0.2) is 9.97 Å². The van der Waals surface area contributed by atoms with Gasteiger partial charge in [0.25, 0.3) is 11.1 Å². The Kier molecular flexibility index (Phi) is 21.2. The smallest absolute Gasteiger partial charge is 0.396 e. The molecule has 386 valence electrons. The zero-order valence-corrected chi connectivity index (χ0v) is 41.1. The highest BCUT2D eigenvalue weighted by molar-refractivity contribution is 7.87. The van der Waals surface area contributed by atoms with E-state index in [2.05, 4.69) is 50.8 Å². The molecule has 30 heteroatoms. The van der Waals surface area contributed by atoms with Gasteiger partial charge in [0.05, 0.1) is 64.2 Å². The van der Waals surface area contributed by atoms with E-state index < -0.39 is 43.6 Å². The Hall–Kier alpha value is -3.76. The van der Waals surface area contributed by atoms with E-state index in [1.165, 1.54) is 13.8 Å². The van der Waals surface area contributed by atoms with Gasteiger partial charge in [0.1, 0.15) is 22.1 Å². The Labute approximate surface area is 390 Å². The Morgan fingerprint density at radius 2 is 1.19 bits per heavy atom. The van der Waals surface area contributed by atoms with Crippen molar-refractivity contribution in [2.75, 3.05) is 96.2 Å². The summed E-state index contributed by atoms with van der Waals surface area (Å²) in [6, 6.07) is 0. The molecule has 0 amide bonds. The van der Waals surface area contributed by atoms with Crippen LogP contribution in [0.5, 0.6) is 0 Å². The number of rotatable bonds is 22. The number of ether oxygens (including phenoxy) is 1. The lowest BCUT2D eigenvalue weighted by atomic mass is 10.0. The second-order valence-electron chi connectivity index (χ2n) is 15.5. The number of nitrogens with zero attached hydrogens (tertiary/aromatic N) is 4. The molecule has 0 spiro atoms. The van der Waals surface area contributed by atoms with Crippen LogP contribution in [0.1, 0.15) is 52.2 Å². The lowest BCUT2D eigenvalue weighted by molar-refractivity contribution is -0.0539. The van der Waals surface area contributed by atoms with Crippen molar-refractivity contribution >= 4 is 59.3 Å². The first-order chi connectivity index (χ1) is 32.0. The molecular weight excluding hydrogens is 971 g/mol. The average molecular weight is 1030 g/mol. The van der Waals surface area contributed by atoms with E-state index in [1.807, 2.05) is 0 Å². The second-order valence-corrected chi connectivity index (χ2v) is 21.5. The number of likely N-dealkylation sites (tertiary alicyclic amines) is 2. The number of nitrogen functional groups attached to an aromatic ring is 2. The highest BCUT2D eigenvalue weighted by atomic mass is 32.2. The number of aromatic nitrogens is 6. The number of anilines is 2. The van der Waals surface area contributed by atoms with Crippen molar-refractivity contribution in [1.29, 1.82) is 0 Å². The van der Waals surface area contributed by atoms with Crippen molar-refractivity contribution in [3.05, 3.63) is 44.2 Å². The first kappa shape index (κ1) is 56.8. The molecule has 0 bridgehead atoms. The first-order valence-electron chi connectivity index (χ1n) is 21.8. The van der Waals surface area contributed by atoms with E-state index in [0.29, 0.717) is 73.9 Å². The van der Waals surface area contributed by atoms with Gasteiger partial charge < -0.3 is 54.5 Å². The fourth-order valence-corrected chi connectivity index (χ4v) is 11.0. The van der Waals surface area contributed by atoms with Crippen LogP contribution in [-0.4, -0.2) is 161 Å². The monoisotopic (exact) mass is 1030 g/mol. The van der Waals surface area contributed by atoms with Crippen LogP contribution in [0.3, 0.4) is 0 Å². The SMILES string of the molecule is CCC1CN(Cc2c[nH]c3c(=O)[nH]c(N)nc23)CC1O.CCOP(=O)(CCOC1CN(Cc2c[nH]c3c(=O)[nH]c(N)nc23)CC1CO)OCC.CCOP(=O)(CCOS(=O)(=O)C(F)(F)F)OCC. The number of halogens is 3. The number of nitrogens with one attached hydrogen (secondary N) is 4. The minimum Gasteiger partial charge on any atom is -0.396 e. The fourth-order valence-electron chi connectivity index (χ4n) is 7.55. The number of aliphatic hydroxyl groups is 2. The highest BCUT2D eigenvalue weighted by Crippen LogP contribution is 2.48. The molecule has 0 aromatic carbocycles. The zero-order chi connectivity index (χ0) is 50.5. The van der Waals surface area contributed by atoms with Crippen LogP contribution in [0, 0.1) is 11.8 Å². The summed E-state index contributed by atoms with van der Waals surface area (Å²) >= 11 is 0. The van der Waals surface area contributed by atoms with Crippen LogP contribution >= 0.6 is 15.2 Å². The van der Waals surface area contributed by atoms with Crippen LogP contribution in [0.15, 0.2) is 22.0 Å². The molecule has 0 aliphatic carbocycles. The van der Waals surface area contributed by atoms with E-state index >= 15 is 0 Å². The molecule has 4 atom stereocenters. The van der Waals surface area contributed by atoms with Crippen molar-refractivity contribution < 1.29 is 67.9 Å². The number of H-pyrrole nitrogens is 4. The van der Waals surface area contributed by atoms with Crippen LogP contribution in [0.4, 0.5) is 25.1 Å². The third kappa shape index (κ3) is 15.6. The van der Waals surface area contributed by atoms with Gasteiger partial charge in [0, 0.05) is 75.3 Å². The minimum absolute atomic E-state index is 0.0172. The van der Waals surface area contributed by atoms with Gasteiger partial charge in [0.2, 0.25) is 11.9 Å². The lowest BCUT2D eigenvalue weighted by Gasteiger charge is -2.20. The zero-order valence-electron chi connectivity index (χ0n) is 38.5. The number of aliphatic hydroxyl groups excluding tert-OH is 2. The number of β-amino-alcohol motifs (C(OH)–C–C–N with tert-alkyl or cyclic N) is 1. The lowest BCUT2D eigenvalue weighted by Crippen LogP contribution is -2.27. The van der Waals surface area contributed by atoms with Crippen molar-refractivity contribution in [2.24, 2.45) is 11.8 Å². The van der Waals surface area contributed by atoms with Crippen LogP contribution < -0.4 is 22.6 Å². The summed E-state index contributed by atoms with van der Waals surface area (Å²) in [6.07, 6.45) is 3.61. The predicted molar refractivity (Wildman–Crippen MR) is 245 cm³/mol. The molecule has 2 fully saturated rings. The van der Waals surface area contributed by atoms with Gasteiger partial charge in [-0.15, -0.1) is 0 Å². The van der Waals surface area contributed by atoms with Crippen LogP contribution in [0.2, 0.25) is 0 Å². The maximum Gasteiger partial charge on any atom is 0.523 e. The number of nitrogens with two attached hydrogens (primary N) is 2. The quantitative estimate of drug-likeness (QED) is 0.0318. The standard InChI is InChI=1S/C18H30N5O6P.C13H19N5O2.C7H14F3O6PS/c1-3-28-30(26,29-4-2)6-5-27-14-10-23(9-13(14)11-24)8-12-7-20-16-15(12)21-18(19)22-17(16)25;1-2-7-4-18(6-9(7)19)5-8-3-15-11-10(8)16-13(14)17-12(11)20;1-3-14-17(11,15-4-2)6-5-16-18(12,13)7(8,9)10/h7,13-14,20,24H,3-6,8-11H2,1-2H3,(H3,19,21,22,25);3,7,9,15,19H,2,4-6H2,1H3,(H3,14,16,17,20);3-6H2,1-2H3. The Balaban J connectivity index is 0.000000233. The average Bonchev–Trinajstić information content (AvgIpc) is 4.04. The maximum absolute atomic E-state index is 12.6. The van der Waals surface area contributed by atoms with E-state index in [0.717, 1.165) is 24.1 Å². The fraction of sp³-hybridized carbons (Fsp3) is 0.684. The van der Waals surface area contributed by atoms with E-state index in [4.69, 9.17) is 34.3 Å².